The number of carboxylic acid groups (broad SMARTS) is 1. The maximum absolute atomic E-state index is 12.2. The normalized spacial score (nSPS) is 17.2. The Morgan fingerprint density at radius 2 is 2.05 bits per heavy atom. The molecule has 0 saturated carbocycles. The van der Waals surface area contributed by atoms with Crippen LogP contribution in [0.4, 0.5) is 0 Å². The van der Waals surface area contributed by atoms with Crippen molar-refractivity contribution in [3.63, 3.8) is 0 Å². The number of aryl methyl sites for hydroxylation is 1. The third-order valence-electron chi connectivity index (χ3n) is 3.92. The van der Waals surface area contributed by atoms with Crippen molar-refractivity contribution in [3.8, 4) is 0 Å². The summed E-state index contributed by atoms with van der Waals surface area (Å²) in [5.74, 6) is -1.14. The number of hydrogen-bond donors (Lipinski definition) is 2. The van der Waals surface area contributed by atoms with Crippen LogP contribution in [0.25, 0.3) is 0 Å². The van der Waals surface area contributed by atoms with E-state index in [9.17, 15) is 14.7 Å². The van der Waals surface area contributed by atoms with Gasteiger partial charge in [0.2, 0.25) is 0 Å². The number of hydrogen-bond acceptors (Lipinski definition) is 3. The van der Waals surface area contributed by atoms with E-state index < -0.39 is 11.4 Å². The summed E-state index contributed by atoms with van der Waals surface area (Å²) in [6.45, 7) is 2.89. The third-order valence-corrected chi connectivity index (χ3v) is 4.78. The van der Waals surface area contributed by atoms with E-state index in [1.165, 1.54) is 0 Å². The minimum absolute atomic E-state index is 0.121. The molecule has 0 aromatic heterocycles. The highest BCUT2D eigenvalue weighted by Gasteiger charge is 2.40. The summed E-state index contributed by atoms with van der Waals surface area (Å²) in [7, 11) is 0. The molecular formula is C15H18BrNO4. The van der Waals surface area contributed by atoms with Crippen LogP contribution in [0.15, 0.2) is 22.7 Å². The molecular weight excluding hydrogens is 338 g/mol. The summed E-state index contributed by atoms with van der Waals surface area (Å²) in [5.41, 5.74) is 0.633. The minimum Gasteiger partial charge on any atom is -0.481 e. The van der Waals surface area contributed by atoms with Crippen LogP contribution >= 0.6 is 15.9 Å². The second-order valence-corrected chi connectivity index (χ2v) is 6.20. The van der Waals surface area contributed by atoms with Crippen molar-refractivity contribution in [1.82, 2.24) is 5.32 Å². The fraction of sp³-hybridized carbons (Fsp3) is 0.467. The van der Waals surface area contributed by atoms with Gasteiger partial charge in [-0.25, -0.2) is 0 Å². The van der Waals surface area contributed by atoms with Crippen LogP contribution in [0.1, 0.15) is 28.8 Å². The highest BCUT2D eigenvalue weighted by atomic mass is 79.9. The van der Waals surface area contributed by atoms with Crippen LogP contribution < -0.4 is 5.32 Å². The molecule has 1 aliphatic heterocycles. The molecule has 1 amide bonds. The van der Waals surface area contributed by atoms with E-state index in [-0.39, 0.29) is 12.5 Å². The van der Waals surface area contributed by atoms with E-state index in [1.807, 2.05) is 13.0 Å². The minimum atomic E-state index is -0.921. The Morgan fingerprint density at radius 1 is 1.38 bits per heavy atom. The first kappa shape index (κ1) is 16.0. The summed E-state index contributed by atoms with van der Waals surface area (Å²) in [5, 5.41) is 12.2. The number of aliphatic carboxylic acids is 1. The lowest BCUT2D eigenvalue weighted by Crippen LogP contribution is -2.46. The number of rotatable bonds is 4. The van der Waals surface area contributed by atoms with Crippen LogP contribution in [-0.4, -0.2) is 36.7 Å². The number of benzene rings is 1. The van der Waals surface area contributed by atoms with Crippen molar-refractivity contribution in [2.75, 3.05) is 19.8 Å². The van der Waals surface area contributed by atoms with Crippen LogP contribution in [0.5, 0.6) is 0 Å². The molecule has 1 fully saturated rings. The Kier molecular flexibility index (Phi) is 5.00. The lowest BCUT2D eigenvalue weighted by atomic mass is 9.80. The zero-order valence-corrected chi connectivity index (χ0v) is 13.4. The molecule has 2 N–H and O–H groups in total. The first-order valence-corrected chi connectivity index (χ1v) is 7.59. The second-order valence-electron chi connectivity index (χ2n) is 5.34. The van der Waals surface area contributed by atoms with E-state index in [4.69, 9.17) is 4.74 Å². The van der Waals surface area contributed by atoms with Gasteiger partial charge in [-0.2, -0.15) is 0 Å². The molecule has 114 valence electrons. The lowest BCUT2D eigenvalue weighted by molar-refractivity contribution is -0.154. The van der Waals surface area contributed by atoms with E-state index >= 15 is 0 Å². The smallest absolute Gasteiger partial charge is 0.311 e. The van der Waals surface area contributed by atoms with Gasteiger partial charge in [-0.05, 0) is 37.5 Å². The van der Waals surface area contributed by atoms with E-state index in [0.717, 1.165) is 10.0 Å². The van der Waals surface area contributed by atoms with Gasteiger partial charge in [0, 0.05) is 29.8 Å². The number of halogens is 1. The molecule has 1 aromatic carbocycles. The van der Waals surface area contributed by atoms with Gasteiger partial charge in [-0.3, -0.25) is 9.59 Å². The molecule has 1 heterocycles. The first-order valence-electron chi connectivity index (χ1n) is 6.80. The first-order chi connectivity index (χ1) is 9.94. The van der Waals surface area contributed by atoms with Crippen molar-refractivity contribution in [2.45, 2.75) is 19.8 Å². The van der Waals surface area contributed by atoms with Crippen LogP contribution in [0, 0.1) is 12.3 Å². The summed E-state index contributed by atoms with van der Waals surface area (Å²) >= 11 is 3.39. The summed E-state index contributed by atoms with van der Waals surface area (Å²) in [6, 6.07) is 5.31. The molecule has 0 radical (unpaired) electrons. The number of carbonyl (C=O) groups is 2. The van der Waals surface area contributed by atoms with Crippen molar-refractivity contribution < 1.29 is 19.4 Å². The highest BCUT2D eigenvalue weighted by Crippen LogP contribution is 2.30. The predicted molar refractivity (Wildman–Crippen MR) is 81.3 cm³/mol. The van der Waals surface area contributed by atoms with Gasteiger partial charge in [0.1, 0.15) is 0 Å². The highest BCUT2D eigenvalue weighted by molar-refractivity contribution is 9.10. The standard InChI is InChI=1S/C15H18BrNO4/c1-10-2-3-11(8-12(10)16)13(18)17-9-15(14(19)20)4-6-21-7-5-15/h2-3,8H,4-7,9H2,1H3,(H,17,18)(H,19,20). The fourth-order valence-electron chi connectivity index (χ4n) is 2.31. The molecule has 0 atom stereocenters. The SMILES string of the molecule is Cc1ccc(C(=O)NCC2(C(=O)O)CCOCC2)cc1Br. The average molecular weight is 356 g/mol. The zero-order chi connectivity index (χ0) is 15.5. The molecule has 21 heavy (non-hydrogen) atoms. The Bertz CT molecular complexity index is 553. The number of amides is 1. The Hall–Kier alpha value is -1.40. The Morgan fingerprint density at radius 3 is 2.62 bits per heavy atom. The van der Waals surface area contributed by atoms with E-state index in [1.54, 1.807) is 12.1 Å². The lowest BCUT2D eigenvalue weighted by Gasteiger charge is -2.33. The molecule has 1 saturated heterocycles. The van der Waals surface area contributed by atoms with Crippen LogP contribution in [0.3, 0.4) is 0 Å². The molecule has 1 aliphatic rings. The predicted octanol–water partition coefficient (Wildman–Crippen LogP) is 2.37. The number of carboxylic acids is 1. The molecule has 0 aliphatic carbocycles. The van der Waals surface area contributed by atoms with Gasteiger partial charge in [0.05, 0.1) is 5.41 Å². The quantitative estimate of drug-likeness (QED) is 0.869. The molecule has 2 rings (SSSR count). The Balaban J connectivity index is 2.05. The van der Waals surface area contributed by atoms with Gasteiger partial charge >= 0.3 is 5.97 Å². The summed E-state index contributed by atoms with van der Waals surface area (Å²) < 4.78 is 6.07. The van der Waals surface area contributed by atoms with E-state index in [0.29, 0.717) is 31.6 Å². The molecule has 0 spiro atoms. The third kappa shape index (κ3) is 3.63. The van der Waals surface area contributed by atoms with Crippen molar-refractivity contribution in [1.29, 1.82) is 0 Å². The summed E-state index contributed by atoms with van der Waals surface area (Å²) in [6.07, 6.45) is 0.834. The van der Waals surface area contributed by atoms with Gasteiger partial charge in [0.15, 0.2) is 0 Å². The van der Waals surface area contributed by atoms with Crippen molar-refractivity contribution in [2.24, 2.45) is 5.41 Å². The maximum Gasteiger partial charge on any atom is 0.311 e. The molecule has 5 nitrogen and oxygen atoms in total. The number of ether oxygens (including phenoxy) is 1. The van der Waals surface area contributed by atoms with Gasteiger partial charge in [0.25, 0.3) is 5.91 Å². The Labute approximate surface area is 131 Å². The molecule has 0 unspecified atom stereocenters. The van der Waals surface area contributed by atoms with Gasteiger partial charge in [-0.15, -0.1) is 0 Å². The number of carbonyl (C=O) groups excluding carboxylic acids is 1. The molecule has 1 aromatic rings. The van der Waals surface area contributed by atoms with Crippen LogP contribution in [0.2, 0.25) is 0 Å². The number of nitrogens with one attached hydrogen (secondary N) is 1. The maximum atomic E-state index is 12.2. The molecule has 0 bridgehead atoms. The average Bonchev–Trinajstić information content (AvgIpc) is 2.48. The van der Waals surface area contributed by atoms with Crippen molar-refractivity contribution >= 4 is 27.8 Å². The topological polar surface area (TPSA) is 75.6 Å². The fourth-order valence-corrected chi connectivity index (χ4v) is 2.69. The van der Waals surface area contributed by atoms with Crippen molar-refractivity contribution in [3.05, 3.63) is 33.8 Å². The zero-order valence-electron chi connectivity index (χ0n) is 11.8. The summed E-state index contributed by atoms with van der Waals surface area (Å²) in [4.78, 5) is 23.7. The van der Waals surface area contributed by atoms with Crippen LogP contribution in [-0.2, 0) is 9.53 Å². The van der Waals surface area contributed by atoms with Gasteiger partial charge in [-0.1, -0.05) is 22.0 Å². The second kappa shape index (κ2) is 6.58. The monoisotopic (exact) mass is 355 g/mol. The van der Waals surface area contributed by atoms with E-state index in [2.05, 4.69) is 21.2 Å². The molecule has 6 heteroatoms. The van der Waals surface area contributed by atoms with Gasteiger partial charge < -0.3 is 15.2 Å². The largest absolute Gasteiger partial charge is 0.481 e.